The lowest BCUT2D eigenvalue weighted by atomic mass is 9.82. The van der Waals surface area contributed by atoms with E-state index >= 15 is 0 Å². The van der Waals surface area contributed by atoms with Crippen LogP contribution >= 0.6 is 34.4 Å². The molecular weight excluding hydrogens is 789 g/mol. The van der Waals surface area contributed by atoms with Crippen LogP contribution < -0.4 is 10.6 Å². The van der Waals surface area contributed by atoms with Crippen LogP contribution in [0.1, 0.15) is 104 Å². The van der Waals surface area contributed by atoms with Gasteiger partial charge in [-0.3, -0.25) is 9.59 Å². The molecule has 6 atom stereocenters. The first kappa shape index (κ1) is 41.9. The zero-order chi connectivity index (χ0) is 37.9. The summed E-state index contributed by atoms with van der Waals surface area (Å²) in [4.78, 5) is 57.3. The molecule has 0 radical (unpaired) electrons. The van der Waals surface area contributed by atoms with Crippen LogP contribution in [-0.2, 0) is 23.9 Å². The summed E-state index contributed by atoms with van der Waals surface area (Å²) in [5, 5.41) is 5.94. The Morgan fingerprint density at radius 1 is 1.10 bits per heavy atom. The number of thioether (sulfide) groups is 1. The molecule has 1 saturated heterocycles. The summed E-state index contributed by atoms with van der Waals surface area (Å²) in [5.41, 5.74) is 0.447. The summed E-state index contributed by atoms with van der Waals surface area (Å²) in [6, 6.07) is 8.56. The molecule has 0 bridgehead atoms. The Labute approximate surface area is 328 Å². The number of halogens is 1. The molecule has 1 aromatic carbocycles. The number of carbonyl (C=O) groups excluding carboxylic acids is 4. The van der Waals surface area contributed by atoms with Gasteiger partial charge in [-0.25, -0.2) is 9.59 Å². The Kier molecular flexibility index (Phi) is 15.3. The van der Waals surface area contributed by atoms with Gasteiger partial charge in [0, 0.05) is 15.2 Å². The largest absolute Gasteiger partial charge is 0.464 e. The molecule has 9 nitrogen and oxygen atoms in total. The van der Waals surface area contributed by atoms with Crippen molar-refractivity contribution in [1.82, 2.24) is 15.5 Å². The molecular formula is C41H58IN3O6S. The predicted molar refractivity (Wildman–Crippen MR) is 218 cm³/mol. The number of rotatable bonds is 18. The molecule has 11 heteroatoms. The van der Waals surface area contributed by atoms with E-state index in [2.05, 4.69) is 77.1 Å². The van der Waals surface area contributed by atoms with Crippen LogP contribution in [0.15, 0.2) is 61.2 Å². The number of ether oxygens (including phenoxy) is 2. The molecule has 4 rings (SSSR count). The number of allylic oxidation sites excluding steroid dienone is 5. The van der Waals surface area contributed by atoms with Gasteiger partial charge in [0.15, 0.2) is 5.54 Å². The monoisotopic (exact) mass is 847 g/mol. The van der Waals surface area contributed by atoms with Crippen LogP contribution in [0.5, 0.6) is 0 Å². The highest BCUT2D eigenvalue weighted by Crippen LogP contribution is 2.50. The van der Waals surface area contributed by atoms with Crippen molar-refractivity contribution in [1.29, 1.82) is 0 Å². The molecule has 2 aliphatic carbocycles. The first-order valence-electron chi connectivity index (χ1n) is 18.9. The van der Waals surface area contributed by atoms with Gasteiger partial charge in [0.1, 0.15) is 17.7 Å². The Morgan fingerprint density at radius 3 is 2.42 bits per heavy atom. The first-order valence-corrected chi connectivity index (χ1v) is 21.1. The average molecular weight is 848 g/mol. The summed E-state index contributed by atoms with van der Waals surface area (Å²) >= 11 is 4.03. The normalized spacial score (nSPS) is 25.8. The highest BCUT2D eigenvalue weighted by molar-refractivity contribution is 14.1. The van der Waals surface area contributed by atoms with Crippen molar-refractivity contribution in [3.05, 3.63) is 66.8 Å². The number of alkyl halides is 1. The number of hydrogen-bond acceptors (Lipinski definition) is 7. The molecule has 1 aromatic rings. The zero-order valence-corrected chi connectivity index (χ0v) is 34.6. The van der Waals surface area contributed by atoms with Gasteiger partial charge in [0.2, 0.25) is 11.8 Å². The SMILES string of the molecule is C=CCCCCC[C@H](NC(=O)OC(C)(C)C)C(=O)N1C[C@](SCCCC)(C2C=CC(c3ccccc3)=CC2)C[C@H]1C(=O)N[C@]1(C(=O)OCC)C[C@H]1I. The van der Waals surface area contributed by atoms with E-state index in [4.69, 9.17) is 9.47 Å². The smallest absolute Gasteiger partial charge is 0.408 e. The summed E-state index contributed by atoms with van der Waals surface area (Å²) in [5.74, 6) is -0.165. The predicted octanol–water partition coefficient (Wildman–Crippen LogP) is 8.17. The molecule has 1 saturated carbocycles. The zero-order valence-electron chi connectivity index (χ0n) is 31.6. The van der Waals surface area contributed by atoms with Gasteiger partial charge in [0.25, 0.3) is 0 Å². The van der Waals surface area contributed by atoms with Crippen LogP contribution in [0, 0.1) is 5.92 Å². The van der Waals surface area contributed by atoms with Crippen LogP contribution in [0.3, 0.4) is 0 Å². The topological polar surface area (TPSA) is 114 Å². The fraction of sp³-hybridized carbons (Fsp3) is 0.610. The molecule has 1 heterocycles. The van der Waals surface area contributed by atoms with Gasteiger partial charge < -0.3 is 25.0 Å². The maximum absolute atomic E-state index is 14.8. The van der Waals surface area contributed by atoms with Crippen molar-refractivity contribution in [3.63, 3.8) is 0 Å². The number of likely N-dealkylation sites (tertiary alicyclic amines) is 1. The van der Waals surface area contributed by atoms with Crippen molar-refractivity contribution < 1.29 is 28.7 Å². The minimum Gasteiger partial charge on any atom is -0.464 e. The van der Waals surface area contributed by atoms with E-state index in [1.165, 1.54) is 0 Å². The third kappa shape index (κ3) is 10.9. The maximum Gasteiger partial charge on any atom is 0.408 e. The van der Waals surface area contributed by atoms with Gasteiger partial charge in [-0.2, -0.15) is 11.8 Å². The van der Waals surface area contributed by atoms with E-state index in [0.717, 1.165) is 55.4 Å². The first-order chi connectivity index (χ1) is 24.8. The molecule has 3 amide bonds. The quantitative estimate of drug-likeness (QED) is 0.0504. The van der Waals surface area contributed by atoms with E-state index < -0.39 is 40.0 Å². The minimum absolute atomic E-state index is 0.0587. The van der Waals surface area contributed by atoms with E-state index in [1.807, 2.05) is 36.0 Å². The fourth-order valence-corrected chi connectivity index (χ4v) is 9.86. The third-order valence-electron chi connectivity index (χ3n) is 9.96. The summed E-state index contributed by atoms with van der Waals surface area (Å²) in [6.07, 6.45) is 15.4. The number of nitrogens with zero attached hydrogens (tertiary/aromatic N) is 1. The second-order valence-corrected chi connectivity index (χ2v) is 18.2. The molecule has 0 aromatic heterocycles. The number of benzene rings is 1. The number of esters is 1. The third-order valence-corrected chi connectivity index (χ3v) is 13.1. The molecule has 0 spiro atoms. The standard InChI is InChI=1S/C41H58IN3O6S/c1-7-10-12-13-17-20-32(43-38(49)51-39(4,5)6)36(47)45-28-40(52-25-11-8-2,31-23-21-30(22-24-31)29-18-15-14-16-19-29)26-33(45)35(46)44-41(27-34(41)42)37(48)50-9-3/h7,14-16,18-19,21-23,31-34H,1,8-13,17,20,24-28H2,2-6H3,(H,43,49)(H,44,46)/t31?,32-,33-,34+,40-,41+/m0/s1. The van der Waals surface area contributed by atoms with Gasteiger partial charge in [0.05, 0.1) is 6.61 Å². The van der Waals surface area contributed by atoms with Crippen molar-refractivity contribution in [3.8, 4) is 0 Å². The Balaban J connectivity index is 1.69. The van der Waals surface area contributed by atoms with E-state index in [9.17, 15) is 19.2 Å². The Bertz CT molecular complexity index is 1480. The lowest BCUT2D eigenvalue weighted by Gasteiger charge is -2.37. The maximum atomic E-state index is 14.8. The summed E-state index contributed by atoms with van der Waals surface area (Å²) in [7, 11) is 0. The molecule has 52 heavy (non-hydrogen) atoms. The molecule has 286 valence electrons. The Morgan fingerprint density at radius 2 is 1.83 bits per heavy atom. The van der Waals surface area contributed by atoms with E-state index in [1.54, 1.807) is 32.6 Å². The second-order valence-electron chi connectivity index (χ2n) is 15.2. The lowest BCUT2D eigenvalue weighted by Crippen LogP contribution is -2.57. The Hall–Kier alpha value is -2.80. The molecule has 1 aliphatic heterocycles. The number of nitrogens with one attached hydrogen (secondary N) is 2. The van der Waals surface area contributed by atoms with Crippen molar-refractivity contribution in [2.24, 2.45) is 5.92 Å². The summed E-state index contributed by atoms with van der Waals surface area (Å²) in [6.45, 7) is 13.6. The van der Waals surface area contributed by atoms with E-state index in [-0.39, 0.29) is 28.3 Å². The van der Waals surface area contributed by atoms with E-state index in [0.29, 0.717) is 32.2 Å². The number of alkyl carbamates (subject to hydrolysis) is 1. The highest BCUT2D eigenvalue weighted by atomic mass is 127. The fourth-order valence-electron chi connectivity index (χ4n) is 7.02. The molecule has 2 fully saturated rings. The van der Waals surface area contributed by atoms with Crippen LogP contribution in [0.4, 0.5) is 4.79 Å². The van der Waals surface area contributed by atoms with Gasteiger partial charge >= 0.3 is 12.1 Å². The van der Waals surface area contributed by atoms with Gasteiger partial charge in [-0.1, -0.05) is 103 Å². The lowest BCUT2D eigenvalue weighted by molar-refractivity contribution is -0.149. The number of amides is 3. The molecule has 1 unspecified atom stereocenters. The number of hydrogen-bond donors (Lipinski definition) is 2. The number of carbonyl (C=O) groups is 4. The van der Waals surface area contributed by atoms with Crippen LogP contribution in [0.2, 0.25) is 0 Å². The molecule has 2 N–H and O–H groups in total. The number of unbranched alkanes of at least 4 members (excludes halogenated alkanes) is 4. The van der Waals surface area contributed by atoms with Crippen molar-refractivity contribution in [2.75, 3.05) is 18.9 Å². The van der Waals surface area contributed by atoms with Crippen molar-refractivity contribution >= 4 is 63.8 Å². The van der Waals surface area contributed by atoms with Crippen LogP contribution in [-0.4, -0.2) is 79.6 Å². The van der Waals surface area contributed by atoms with Gasteiger partial charge in [-0.15, -0.1) is 6.58 Å². The minimum atomic E-state index is -1.11. The van der Waals surface area contributed by atoms with Crippen LogP contribution in [0.25, 0.3) is 5.57 Å². The second kappa shape index (κ2) is 19.0. The highest BCUT2D eigenvalue weighted by Gasteiger charge is 2.63. The van der Waals surface area contributed by atoms with Crippen molar-refractivity contribution in [2.45, 2.75) is 131 Å². The summed E-state index contributed by atoms with van der Waals surface area (Å²) < 4.78 is 10.4. The molecule has 3 aliphatic rings. The van der Waals surface area contributed by atoms with Gasteiger partial charge in [-0.05, 0) is 95.4 Å². The average Bonchev–Trinajstić information content (AvgIpc) is 3.59.